The fraction of sp³-hybridized carbons (Fsp3) is 0. The minimum absolute atomic E-state index is 0. The van der Waals surface area contributed by atoms with E-state index < -0.39 is 23.6 Å². The first-order chi connectivity index (χ1) is 9.08. The van der Waals surface area contributed by atoms with Crippen LogP contribution in [0.4, 0.5) is 0 Å². The van der Waals surface area contributed by atoms with Gasteiger partial charge >= 0.3 is 0 Å². The van der Waals surface area contributed by atoms with Crippen molar-refractivity contribution in [1.29, 1.82) is 0 Å². The number of carbonyl (C=O) groups is 4. The van der Waals surface area contributed by atoms with Crippen LogP contribution in [0.5, 0.6) is 0 Å². The van der Waals surface area contributed by atoms with Crippen molar-refractivity contribution in [3.05, 3.63) is 50.6 Å². The van der Waals surface area contributed by atoms with Gasteiger partial charge in [-0.2, -0.15) is 27.0 Å². The smallest absolute Gasteiger partial charge is 0.240 e. The lowest BCUT2D eigenvalue weighted by Crippen LogP contribution is -2.04. The summed E-state index contributed by atoms with van der Waals surface area (Å²) in [4.78, 5) is 37.9. The van der Waals surface area contributed by atoms with E-state index in [2.05, 4.69) is 49.3 Å². The zero-order valence-electron chi connectivity index (χ0n) is 12.1. The Morgan fingerprint density at radius 2 is 0.545 bits per heavy atom. The molecule has 0 heterocycles. The van der Waals surface area contributed by atoms with Crippen LogP contribution in [0.1, 0.15) is 0 Å². The first-order valence-corrected chi connectivity index (χ1v) is 4.76. The third kappa shape index (κ3) is 156. The Balaban J connectivity index is -0.0000000376. The highest BCUT2D eigenvalue weighted by atomic mass is 32.1. The molecule has 10 heteroatoms. The Bertz CT molecular complexity index is 313. The zero-order chi connectivity index (χ0) is 17.1. The summed E-state index contributed by atoms with van der Waals surface area (Å²) in [5.74, 6) is -1.93. The molecule has 8 nitrogen and oxygen atoms in total. The summed E-state index contributed by atoms with van der Waals surface area (Å²) in [6, 6.07) is 0. The van der Waals surface area contributed by atoms with Crippen LogP contribution in [-0.4, -0.2) is 23.6 Å². The Labute approximate surface area is 143 Å². The van der Waals surface area contributed by atoms with Gasteiger partial charge in [0.2, 0.25) is 23.6 Å². The molecule has 0 radical (unpaired) electrons. The van der Waals surface area contributed by atoms with E-state index in [4.69, 9.17) is 0 Å². The summed E-state index contributed by atoms with van der Waals surface area (Å²) in [5.41, 5.74) is 18.1. The first kappa shape index (κ1) is 36.6. The fourth-order valence-corrected chi connectivity index (χ4v) is 0. The maximum absolute atomic E-state index is 9.47. The van der Waals surface area contributed by atoms with Gasteiger partial charge in [-0.05, 0) is 24.3 Å². The molecule has 0 unspecified atom stereocenters. The molecule has 4 amide bonds. The standard InChI is InChI=1S/4C3H5NO.2H2S/c4*1-2-3(4)5;;/h4*2H,1H2,(H2,4,5);2*1H2. The number of hydrogen-bond acceptors (Lipinski definition) is 4. The number of rotatable bonds is 4. The lowest BCUT2D eigenvalue weighted by molar-refractivity contribution is -0.114. The van der Waals surface area contributed by atoms with Crippen molar-refractivity contribution in [3.63, 3.8) is 0 Å². The predicted octanol–water partition coefficient (Wildman–Crippen LogP) is -1.14. The van der Waals surface area contributed by atoms with E-state index in [-0.39, 0.29) is 27.0 Å². The Hall–Kier alpha value is -2.46. The van der Waals surface area contributed by atoms with Crippen LogP contribution in [0.25, 0.3) is 0 Å². The Kier molecular flexibility index (Phi) is 51.8. The van der Waals surface area contributed by atoms with Gasteiger partial charge in [-0.1, -0.05) is 26.3 Å². The van der Waals surface area contributed by atoms with Crippen LogP contribution in [0.3, 0.4) is 0 Å². The number of nitrogens with two attached hydrogens (primary N) is 4. The molecule has 0 aliphatic carbocycles. The molecule has 0 aromatic rings. The largest absolute Gasteiger partial charge is 0.366 e. The van der Waals surface area contributed by atoms with E-state index >= 15 is 0 Å². The van der Waals surface area contributed by atoms with Gasteiger partial charge in [-0.3, -0.25) is 19.2 Å². The lowest BCUT2D eigenvalue weighted by Gasteiger charge is -1.65. The normalized spacial score (nSPS) is 5.82. The first-order valence-electron chi connectivity index (χ1n) is 4.76. The second-order valence-corrected chi connectivity index (χ2v) is 2.43. The van der Waals surface area contributed by atoms with Crippen LogP contribution in [0, 0.1) is 0 Å². The van der Waals surface area contributed by atoms with Gasteiger partial charge in [0, 0.05) is 0 Å². The molecule has 0 spiro atoms. The predicted molar refractivity (Wildman–Crippen MR) is 98.3 cm³/mol. The second kappa shape index (κ2) is 31.1. The van der Waals surface area contributed by atoms with Crippen LogP contribution >= 0.6 is 27.0 Å². The topological polar surface area (TPSA) is 172 Å². The van der Waals surface area contributed by atoms with E-state index in [1.54, 1.807) is 0 Å². The molecule has 0 bridgehead atoms. The Morgan fingerprint density at radius 1 is 0.500 bits per heavy atom. The SMILES string of the molecule is C=CC(N)=O.C=CC(N)=O.C=CC(N)=O.C=CC(N)=O.S.S. The van der Waals surface area contributed by atoms with Crippen molar-refractivity contribution in [2.75, 3.05) is 0 Å². The molecule has 0 saturated heterocycles. The molecule has 128 valence electrons. The second-order valence-electron chi connectivity index (χ2n) is 2.43. The van der Waals surface area contributed by atoms with Crippen molar-refractivity contribution in [3.8, 4) is 0 Å². The van der Waals surface area contributed by atoms with Gasteiger partial charge in [0.1, 0.15) is 0 Å². The number of amides is 4. The summed E-state index contributed by atoms with van der Waals surface area (Å²) in [7, 11) is 0. The highest BCUT2D eigenvalue weighted by molar-refractivity contribution is 7.59. The van der Waals surface area contributed by atoms with Crippen molar-refractivity contribution in [2.45, 2.75) is 0 Å². The molecular weight excluding hydrogens is 328 g/mol. The average Bonchev–Trinajstić information content (AvgIpc) is 2.40. The van der Waals surface area contributed by atoms with Gasteiger partial charge in [0.25, 0.3) is 0 Å². The molecule has 0 saturated carbocycles. The minimum Gasteiger partial charge on any atom is -0.366 e. The zero-order valence-corrected chi connectivity index (χ0v) is 14.1. The molecule has 0 fully saturated rings. The van der Waals surface area contributed by atoms with Crippen molar-refractivity contribution in [1.82, 2.24) is 0 Å². The molecule has 22 heavy (non-hydrogen) atoms. The van der Waals surface area contributed by atoms with Crippen molar-refractivity contribution >= 4 is 50.6 Å². The molecule has 0 aromatic heterocycles. The molecule has 0 aliphatic rings. The maximum Gasteiger partial charge on any atom is 0.240 e. The summed E-state index contributed by atoms with van der Waals surface area (Å²) in [6.07, 6.45) is 4.22. The van der Waals surface area contributed by atoms with Gasteiger partial charge in [-0.15, -0.1) is 0 Å². The molecular formula is C12H24N4O4S2. The van der Waals surface area contributed by atoms with Crippen LogP contribution < -0.4 is 22.9 Å². The molecule has 0 rings (SSSR count). The molecule has 0 aliphatic heterocycles. The van der Waals surface area contributed by atoms with E-state index in [1.165, 1.54) is 0 Å². The summed E-state index contributed by atoms with van der Waals surface area (Å²) in [5, 5.41) is 0. The van der Waals surface area contributed by atoms with Gasteiger partial charge in [0.15, 0.2) is 0 Å². The summed E-state index contributed by atoms with van der Waals surface area (Å²) < 4.78 is 0. The van der Waals surface area contributed by atoms with Crippen LogP contribution in [0.2, 0.25) is 0 Å². The van der Waals surface area contributed by atoms with Crippen LogP contribution in [0.15, 0.2) is 50.6 Å². The number of hydrogen-bond donors (Lipinski definition) is 4. The maximum atomic E-state index is 9.47. The van der Waals surface area contributed by atoms with E-state index in [9.17, 15) is 19.2 Å². The Morgan fingerprint density at radius 3 is 0.545 bits per heavy atom. The quantitative estimate of drug-likeness (QED) is 0.468. The molecule has 0 aromatic carbocycles. The molecule has 0 atom stereocenters. The average molecular weight is 352 g/mol. The summed E-state index contributed by atoms with van der Waals surface area (Å²) in [6.45, 7) is 12.3. The monoisotopic (exact) mass is 352 g/mol. The minimum atomic E-state index is -0.481. The lowest BCUT2D eigenvalue weighted by atomic mass is 10.6. The van der Waals surface area contributed by atoms with E-state index in [1.807, 2.05) is 0 Å². The van der Waals surface area contributed by atoms with E-state index in [0.717, 1.165) is 24.3 Å². The molecule has 8 N–H and O–H groups in total. The van der Waals surface area contributed by atoms with Crippen molar-refractivity contribution in [2.24, 2.45) is 22.9 Å². The summed E-state index contributed by atoms with van der Waals surface area (Å²) >= 11 is 0. The van der Waals surface area contributed by atoms with Gasteiger partial charge in [-0.25, -0.2) is 0 Å². The van der Waals surface area contributed by atoms with Crippen molar-refractivity contribution < 1.29 is 19.2 Å². The third-order valence-electron chi connectivity index (χ3n) is 0.805. The third-order valence-corrected chi connectivity index (χ3v) is 0.805. The number of carbonyl (C=O) groups excluding carboxylic acids is 4. The van der Waals surface area contributed by atoms with E-state index in [0.29, 0.717) is 0 Å². The highest BCUT2D eigenvalue weighted by Crippen LogP contribution is 1.50. The fourth-order valence-electron chi connectivity index (χ4n) is 0. The number of primary amides is 4. The van der Waals surface area contributed by atoms with Gasteiger partial charge < -0.3 is 22.9 Å². The van der Waals surface area contributed by atoms with Crippen LogP contribution in [-0.2, 0) is 19.2 Å². The van der Waals surface area contributed by atoms with Gasteiger partial charge in [0.05, 0.1) is 0 Å². The highest BCUT2D eigenvalue weighted by Gasteiger charge is 1.70.